The molecule has 1 heterocycles. The first-order valence-corrected chi connectivity index (χ1v) is 6.23. The molecule has 0 amide bonds. The lowest BCUT2D eigenvalue weighted by molar-refractivity contribution is -0.137. The van der Waals surface area contributed by atoms with Gasteiger partial charge in [-0.15, -0.1) is 0 Å². The van der Waals surface area contributed by atoms with Gasteiger partial charge in [0.15, 0.2) is 0 Å². The maximum absolute atomic E-state index is 12.9. The molecule has 3 N–H and O–H groups in total. The van der Waals surface area contributed by atoms with E-state index < -0.39 is 30.8 Å². The lowest BCUT2D eigenvalue weighted by Crippen LogP contribution is -2.31. The monoisotopic (exact) mass is 313 g/mol. The average molecular weight is 313 g/mol. The molecule has 9 heteroatoms. The Morgan fingerprint density at radius 2 is 1.67 bits per heavy atom. The Balaban J connectivity index is 2.96. The van der Waals surface area contributed by atoms with Crippen LogP contribution >= 0.6 is 0 Å². The number of pyridine rings is 1. The summed E-state index contributed by atoms with van der Waals surface area (Å²) in [4.78, 5) is 3.78. The van der Waals surface area contributed by atoms with E-state index in [9.17, 15) is 22.0 Å². The van der Waals surface area contributed by atoms with Crippen molar-refractivity contribution in [3.05, 3.63) is 17.7 Å². The van der Waals surface area contributed by atoms with Crippen molar-refractivity contribution in [2.75, 3.05) is 30.3 Å². The Morgan fingerprint density at radius 3 is 2.14 bits per heavy atom. The number of halogens is 5. The number of aliphatic hydroxyl groups excluding tert-OH is 1. The molecule has 4 nitrogen and oxygen atoms in total. The number of hydrogen-bond acceptors (Lipinski definition) is 4. The van der Waals surface area contributed by atoms with Crippen molar-refractivity contribution in [2.24, 2.45) is 0 Å². The summed E-state index contributed by atoms with van der Waals surface area (Å²) >= 11 is 0. The number of alkyl halides is 5. The number of rotatable bonds is 7. The van der Waals surface area contributed by atoms with Crippen molar-refractivity contribution in [2.45, 2.75) is 25.4 Å². The van der Waals surface area contributed by atoms with Gasteiger partial charge in [0.1, 0.15) is 18.2 Å². The third-order valence-electron chi connectivity index (χ3n) is 2.47. The highest BCUT2D eigenvalue weighted by Gasteiger charge is 2.32. The number of anilines is 2. The van der Waals surface area contributed by atoms with Crippen LogP contribution in [0.2, 0.25) is 0 Å². The summed E-state index contributed by atoms with van der Waals surface area (Å²) in [6.45, 7) is -0.187. The molecule has 120 valence electrons. The number of hydrogen-bond donors (Lipinski definition) is 3. The van der Waals surface area contributed by atoms with Gasteiger partial charge in [-0.3, -0.25) is 0 Å². The lowest BCUT2D eigenvalue weighted by atomic mass is 10.2. The molecular formula is C12H16F5N3O. The van der Waals surface area contributed by atoms with E-state index in [1.54, 1.807) is 0 Å². The van der Waals surface area contributed by atoms with Crippen LogP contribution in [0.1, 0.15) is 18.9 Å². The van der Waals surface area contributed by atoms with Crippen molar-refractivity contribution < 1.29 is 27.1 Å². The second-order valence-corrected chi connectivity index (χ2v) is 4.42. The average Bonchev–Trinajstić information content (AvgIpc) is 2.42. The standard InChI is InChI=1S/C12H16F5N3O/c1-2-3-18-9-4-8(12(15,16)17)5-10(20-9)19-6-11(13,14)7-21/h4-5,21H,2-3,6-7H2,1H3,(H2,18,19,20). The van der Waals surface area contributed by atoms with E-state index in [0.29, 0.717) is 19.0 Å². The molecular weight excluding hydrogens is 297 g/mol. The zero-order valence-electron chi connectivity index (χ0n) is 11.3. The lowest BCUT2D eigenvalue weighted by Gasteiger charge is -2.16. The minimum Gasteiger partial charge on any atom is -0.390 e. The fourth-order valence-corrected chi connectivity index (χ4v) is 1.40. The van der Waals surface area contributed by atoms with E-state index in [1.807, 2.05) is 6.92 Å². The second kappa shape index (κ2) is 6.88. The Hall–Kier alpha value is -1.64. The molecule has 0 aromatic carbocycles. The molecule has 0 aliphatic heterocycles. The van der Waals surface area contributed by atoms with Gasteiger partial charge in [0.2, 0.25) is 0 Å². The topological polar surface area (TPSA) is 57.2 Å². The highest BCUT2D eigenvalue weighted by Crippen LogP contribution is 2.32. The molecule has 0 saturated carbocycles. The number of nitrogens with one attached hydrogen (secondary N) is 2. The zero-order chi connectivity index (χ0) is 16.1. The van der Waals surface area contributed by atoms with E-state index in [2.05, 4.69) is 15.6 Å². The van der Waals surface area contributed by atoms with Crippen LogP contribution < -0.4 is 10.6 Å². The second-order valence-electron chi connectivity index (χ2n) is 4.42. The van der Waals surface area contributed by atoms with Crippen LogP contribution in [-0.2, 0) is 6.18 Å². The molecule has 0 atom stereocenters. The molecule has 1 aromatic heterocycles. The molecule has 0 unspecified atom stereocenters. The van der Waals surface area contributed by atoms with Crippen LogP contribution in [0.3, 0.4) is 0 Å². The van der Waals surface area contributed by atoms with Crippen LogP contribution in [-0.4, -0.2) is 35.7 Å². The minimum absolute atomic E-state index is 0.0542. The first-order valence-electron chi connectivity index (χ1n) is 6.23. The van der Waals surface area contributed by atoms with E-state index in [1.165, 1.54) is 0 Å². The third kappa shape index (κ3) is 5.70. The summed E-state index contributed by atoms with van der Waals surface area (Å²) in [5.74, 6) is -3.83. The van der Waals surface area contributed by atoms with Crippen molar-refractivity contribution in [1.82, 2.24) is 4.98 Å². The van der Waals surface area contributed by atoms with Gasteiger partial charge >= 0.3 is 6.18 Å². The maximum Gasteiger partial charge on any atom is 0.416 e. The summed E-state index contributed by atoms with van der Waals surface area (Å²) in [7, 11) is 0. The summed E-state index contributed by atoms with van der Waals surface area (Å²) in [5.41, 5.74) is -0.995. The Labute approximate surface area is 118 Å². The van der Waals surface area contributed by atoms with Crippen LogP contribution in [0, 0.1) is 0 Å². The maximum atomic E-state index is 12.9. The predicted octanol–water partition coefficient (Wildman–Crippen LogP) is 2.96. The Morgan fingerprint density at radius 1 is 1.10 bits per heavy atom. The number of aromatic nitrogens is 1. The van der Waals surface area contributed by atoms with Gasteiger partial charge < -0.3 is 15.7 Å². The SMILES string of the molecule is CCCNc1cc(C(F)(F)F)cc(NCC(F)(F)CO)n1. The molecule has 1 rings (SSSR count). The fraction of sp³-hybridized carbons (Fsp3) is 0.583. The van der Waals surface area contributed by atoms with Crippen molar-refractivity contribution in [1.29, 1.82) is 0 Å². The van der Waals surface area contributed by atoms with E-state index in [0.717, 1.165) is 6.07 Å². The quantitative estimate of drug-likeness (QED) is 0.678. The van der Waals surface area contributed by atoms with Gasteiger partial charge in [0.05, 0.1) is 12.1 Å². The summed E-state index contributed by atoms with van der Waals surface area (Å²) in [6.07, 6.45) is -3.94. The number of aliphatic hydroxyl groups is 1. The highest BCUT2D eigenvalue weighted by atomic mass is 19.4. The minimum atomic E-state index is -4.61. The van der Waals surface area contributed by atoms with Crippen LogP contribution in [0.25, 0.3) is 0 Å². The van der Waals surface area contributed by atoms with Gasteiger partial charge in [0.25, 0.3) is 5.92 Å². The smallest absolute Gasteiger partial charge is 0.390 e. The van der Waals surface area contributed by atoms with Crippen LogP contribution in [0.15, 0.2) is 12.1 Å². The van der Waals surface area contributed by atoms with Gasteiger partial charge in [-0.2, -0.15) is 13.2 Å². The van der Waals surface area contributed by atoms with Crippen molar-refractivity contribution >= 4 is 11.6 Å². The third-order valence-corrected chi connectivity index (χ3v) is 2.47. The normalized spacial score (nSPS) is 12.3. The molecule has 0 radical (unpaired) electrons. The van der Waals surface area contributed by atoms with Gasteiger partial charge in [-0.05, 0) is 18.6 Å². The molecule has 21 heavy (non-hydrogen) atoms. The van der Waals surface area contributed by atoms with E-state index >= 15 is 0 Å². The Kier molecular flexibility index (Phi) is 5.70. The molecule has 1 aromatic rings. The van der Waals surface area contributed by atoms with Crippen molar-refractivity contribution in [3.8, 4) is 0 Å². The molecule has 0 fully saturated rings. The molecule has 0 bridgehead atoms. The van der Waals surface area contributed by atoms with E-state index in [-0.39, 0.29) is 11.6 Å². The van der Waals surface area contributed by atoms with Crippen molar-refractivity contribution in [3.63, 3.8) is 0 Å². The molecule has 0 aliphatic rings. The molecule has 0 aliphatic carbocycles. The zero-order valence-corrected chi connectivity index (χ0v) is 11.3. The van der Waals surface area contributed by atoms with Gasteiger partial charge in [-0.1, -0.05) is 6.92 Å². The van der Waals surface area contributed by atoms with Crippen LogP contribution in [0.5, 0.6) is 0 Å². The summed E-state index contributed by atoms with van der Waals surface area (Å²) in [6, 6.07) is 1.45. The summed E-state index contributed by atoms with van der Waals surface area (Å²) < 4.78 is 64.0. The fourth-order valence-electron chi connectivity index (χ4n) is 1.40. The Bertz CT molecular complexity index is 465. The van der Waals surface area contributed by atoms with Gasteiger partial charge in [-0.25, -0.2) is 13.8 Å². The van der Waals surface area contributed by atoms with Crippen LogP contribution in [0.4, 0.5) is 33.6 Å². The largest absolute Gasteiger partial charge is 0.416 e. The molecule has 0 saturated heterocycles. The first-order chi connectivity index (χ1) is 9.68. The molecule has 0 spiro atoms. The highest BCUT2D eigenvalue weighted by molar-refractivity contribution is 5.50. The first kappa shape index (κ1) is 17.4. The summed E-state index contributed by atoms with van der Waals surface area (Å²) in [5, 5.41) is 13.2. The number of nitrogens with zero attached hydrogens (tertiary/aromatic N) is 1. The predicted molar refractivity (Wildman–Crippen MR) is 68.5 cm³/mol. The van der Waals surface area contributed by atoms with E-state index in [4.69, 9.17) is 5.11 Å². The van der Waals surface area contributed by atoms with Gasteiger partial charge in [0, 0.05) is 6.54 Å².